The first-order chi connectivity index (χ1) is 12.1. The minimum atomic E-state index is -2.96. The molecule has 0 amide bonds. The molecule has 0 N–H and O–H groups in total. The minimum Gasteiger partial charge on any atom is -0.493 e. The highest BCUT2D eigenvalue weighted by atomic mass is 19.3. The molecule has 0 saturated heterocycles. The van der Waals surface area contributed by atoms with Crippen LogP contribution < -0.4 is 9.47 Å². The molecule has 0 atom stereocenters. The molecule has 0 aliphatic heterocycles. The molecule has 2 aromatic heterocycles. The molecule has 3 rings (SSSR count). The SMILES string of the molecule is COc1cc(-c2noc(Cn3cnc(C#N)n3)n2)ccc1OC(F)F. The van der Waals surface area contributed by atoms with Crippen LogP contribution in [0.15, 0.2) is 29.0 Å². The number of nitrogens with zero attached hydrogens (tertiary/aromatic N) is 6. The molecule has 3 aromatic rings. The Morgan fingerprint density at radius 2 is 2.20 bits per heavy atom. The Bertz CT molecular complexity index is 917. The number of alkyl halides is 2. The zero-order chi connectivity index (χ0) is 17.8. The van der Waals surface area contributed by atoms with Gasteiger partial charge >= 0.3 is 6.61 Å². The van der Waals surface area contributed by atoms with Crippen molar-refractivity contribution in [3.05, 3.63) is 36.2 Å². The van der Waals surface area contributed by atoms with Crippen molar-refractivity contribution >= 4 is 0 Å². The first-order valence-electron chi connectivity index (χ1n) is 6.84. The summed E-state index contributed by atoms with van der Waals surface area (Å²) in [6.45, 7) is -2.83. The first-order valence-corrected chi connectivity index (χ1v) is 6.84. The molecule has 9 nitrogen and oxygen atoms in total. The lowest BCUT2D eigenvalue weighted by Gasteiger charge is -2.10. The summed E-state index contributed by atoms with van der Waals surface area (Å²) >= 11 is 0. The predicted octanol–water partition coefficient (Wildman–Crippen LogP) is 1.86. The van der Waals surface area contributed by atoms with Crippen LogP contribution in [0.3, 0.4) is 0 Å². The Morgan fingerprint density at radius 3 is 2.88 bits per heavy atom. The fraction of sp³-hybridized carbons (Fsp3) is 0.214. The number of benzene rings is 1. The summed E-state index contributed by atoms with van der Waals surface area (Å²) in [6.07, 6.45) is 1.36. The van der Waals surface area contributed by atoms with Gasteiger partial charge in [-0.1, -0.05) is 5.16 Å². The highest BCUT2D eigenvalue weighted by molar-refractivity contribution is 5.60. The average Bonchev–Trinajstić information content (AvgIpc) is 3.24. The van der Waals surface area contributed by atoms with Gasteiger partial charge in [-0.05, 0) is 18.2 Å². The van der Waals surface area contributed by atoms with E-state index in [1.54, 1.807) is 6.07 Å². The van der Waals surface area contributed by atoms with Crippen LogP contribution in [0.4, 0.5) is 8.78 Å². The molecule has 0 bridgehead atoms. The largest absolute Gasteiger partial charge is 0.493 e. The summed E-state index contributed by atoms with van der Waals surface area (Å²) in [5.41, 5.74) is 0.491. The van der Waals surface area contributed by atoms with E-state index in [9.17, 15) is 8.78 Å². The monoisotopic (exact) mass is 348 g/mol. The normalized spacial score (nSPS) is 10.7. The van der Waals surface area contributed by atoms with Gasteiger partial charge in [-0.2, -0.15) is 19.0 Å². The lowest BCUT2D eigenvalue weighted by atomic mass is 10.2. The average molecular weight is 348 g/mol. The van der Waals surface area contributed by atoms with Crippen molar-refractivity contribution in [2.45, 2.75) is 13.2 Å². The van der Waals surface area contributed by atoms with Crippen LogP contribution in [-0.4, -0.2) is 38.6 Å². The number of ether oxygens (including phenoxy) is 2. The van der Waals surface area contributed by atoms with Gasteiger partial charge in [-0.3, -0.25) is 0 Å². The Labute approximate surface area is 139 Å². The van der Waals surface area contributed by atoms with Gasteiger partial charge in [0.05, 0.1) is 7.11 Å². The second-order valence-corrected chi connectivity index (χ2v) is 4.63. The zero-order valence-electron chi connectivity index (χ0n) is 12.8. The van der Waals surface area contributed by atoms with E-state index in [-0.39, 0.29) is 35.6 Å². The third-order valence-electron chi connectivity index (χ3n) is 3.04. The predicted molar refractivity (Wildman–Crippen MR) is 76.8 cm³/mol. The molecule has 0 aliphatic rings. The Kier molecular flexibility index (Phi) is 4.51. The summed E-state index contributed by atoms with van der Waals surface area (Å²) < 4.78 is 40.6. The molecule has 11 heteroatoms. The summed E-state index contributed by atoms with van der Waals surface area (Å²) in [5.74, 6) is 0.503. The van der Waals surface area contributed by atoms with Crippen molar-refractivity contribution in [3.8, 4) is 29.0 Å². The Balaban J connectivity index is 1.80. The van der Waals surface area contributed by atoms with E-state index in [0.29, 0.717) is 5.56 Å². The number of methoxy groups -OCH3 is 1. The Morgan fingerprint density at radius 1 is 1.36 bits per heavy atom. The van der Waals surface area contributed by atoms with Crippen molar-refractivity contribution < 1.29 is 22.8 Å². The molecule has 0 fully saturated rings. The van der Waals surface area contributed by atoms with Crippen molar-refractivity contribution in [1.29, 1.82) is 5.26 Å². The van der Waals surface area contributed by atoms with Crippen molar-refractivity contribution in [2.75, 3.05) is 7.11 Å². The molecule has 0 radical (unpaired) electrons. The zero-order valence-corrected chi connectivity index (χ0v) is 12.8. The van der Waals surface area contributed by atoms with Crippen molar-refractivity contribution in [3.63, 3.8) is 0 Å². The fourth-order valence-electron chi connectivity index (χ4n) is 2.00. The maximum absolute atomic E-state index is 12.3. The number of hydrogen-bond acceptors (Lipinski definition) is 8. The number of halogens is 2. The van der Waals surface area contributed by atoms with Gasteiger partial charge in [0.25, 0.3) is 5.82 Å². The third-order valence-corrected chi connectivity index (χ3v) is 3.04. The summed E-state index contributed by atoms with van der Waals surface area (Å²) in [5, 5.41) is 16.4. The lowest BCUT2D eigenvalue weighted by Crippen LogP contribution is -2.03. The third kappa shape index (κ3) is 3.69. The highest BCUT2D eigenvalue weighted by Gasteiger charge is 2.15. The maximum atomic E-state index is 12.3. The lowest BCUT2D eigenvalue weighted by molar-refractivity contribution is -0.0512. The van der Waals surface area contributed by atoms with E-state index in [1.165, 1.54) is 36.3 Å². The van der Waals surface area contributed by atoms with Crippen LogP contribution in [-0.2, 0) is 6.54 Å². The molecule has 128 valence electrons. The standard InChI is InChI=1S/C14H10F2N6O3/c1-23-10-4-8(2-3-9(10)24-14(15)16)13-19-12(25-21-13)6-22-7-18-11(5-17)20-22/h2-4,7,14H,6H2,1H3. The first kappa shape index (κ1) is 16.3. The van der Waals surface area contributed by atoms with Crippen LogP contribution in [0.1, 0.15) is 11.7 Å². The van der Waals surface area contributed by atoms with Gasteiger partial charge < -0.3 is 14.0 Å². The molecule has 0 aliphatic carbocycles. The molecule has 0 unspecified atom stereocenters. The van der Waals surface area contributed by atoms with Crippen LogP contribution in [0, 0.1) is 11.3 Å². The molecular weight excluding hydrogens is 338 g/mol. The van der Waals surface area contributed by atoms with Crippen molar-refractivity contribution in [2.24, 2.45) is 0 Å². The molecule has 0 spiro atoms. The van der Waals surface area contributed by atoms with E-state index in [1.807, 2.05) is 0 Å². The van der Waals surface area contributed by atoms with Crippen molar-refractivity contribution in [1.82, 2.24) is 24.9 Å². The Hall–Kier alpha value is -3.55. The molecule has 2 heterocycles. The van der Waals surface area contributed by atoms with Crippen LogP contribution in [0.2, 0.25) is 0 Å². The smallest absolute Gasteiger partial charge is 0.387 e. The quantitative estimate of drug-likeness (QED) is 0.663. The van der Waals surface area contributed by atoms with E-state index >= 15 is 0 Å². The number of nitriles is 1. The molecule has 1 aromatic carbocycles. The number of aromatic nitrogens is 5. The topological polar surface area (TPSA) is 112 Å². The summed E-state index contributed by atoms with van der Waals surface area (Å²) in [7, 11) is 1.33. The summed E-state index contributed by atoms with van der Waals surface area (Å²) in [4.78, 5) is 7.94. The van der Waals surface area contributed by atoms with Gasteiger partial charge in [0, 0.05) is 5.56 Å². The van der Waals surface area contributed by atoms with E-state index in [0.717, 1.165) is 0 Å². The number of rotatable bonds is 6. The van der Waals surface area contributed by atoms with Gasteiger partial charge in [-0.15, -0.1) is 5.10 Å². The van der Waals surface area contributed by atoms with Crippen LogP contribution in [0.25, 0.3) is 11.4 Å². The van der Waals surface area contributed by atoms with E-state index < -0.39 is 6.61 Å². The molecular formula is C14H10F2N6O3. The second-order valence-electron chi connectivity index (χ2n) is 4.63. The van der Waals surface area contributed by atoms with Gasteiger partial charge in [0.15, 0.2) is 11.5 Å². The maximum Gasteiger partial charge on any atom is 0.387 e. The van der Waals surface area contributed by atoms with Gasteiger partial charge in [0.1, 0.15) is 18.9 Å². The van der Waals surface area contributed by atoms with E-state index in [2.05, 4.69) is 25.0 Å². The van der Waals surface area contributed by atoms with E-state index in [4.69, 9.17) is 14.5 Å². The van der Waals surface area contributed by atoms with Crippen LogP contribution in [0.5, 0.6) is 11.5 Å². The second kappa shape index (κ2) is 6.91. The van der Waals surface area contributed by atoms with Crippen LogP contribution >= 0.6 is 0 Å². The number of hydrogen-bond donors (Lipinski definition) is 0. The van der Waals surface area contributed by atoms with Gasteiger partial charge in [0.2, 0.25) is 11.7 Å². The molecule has 25 heavy (non-hydrogen) atoms. The summed E-state index contributed by atoms with van der Waals surface area (Å²) in [6, 6.07) is 6.09. The fourth-order valence-corrected chi connectivity index (χ4v) is 2.00. The minimum absolute atomic E-state index is 0.0269. The van der Waals surface area contributed by atoms with Gasteiger partial charge in [-0.25, -0.2) is 9.67 Å². The highest BCUT2D eigenvalue weighted by Crippen LogP contribution is 2.32. The molecule has 0 saturated carbocycles.